The zero-order chi connectivity index (χ0) is 14.5. The Labute approximate surface area is 119 Å². The normalized spacial score (nSPS) is 23.0. The summed E-state index contributed by atoms with van der Waals surface area (Å²) < 4.78 is 1.98. The molecule has 1 aliphatic rings. The molecule has 0 bridgehead atoms. The number of hydrogen-bond acceptors (Lipinski definition) is 3. The molecule has 1 aromatic heterocycles. The molecular weight excluding hydrogens is 256 g/mol. The molecule has 0 saturated carbocycles. The van der Waals surface area contributed by atoms with Gasteiger partial charge in [0.2, 0.25) is 11.8 Å². The maximum Gasteiger partial charge on any atom is 0.245 e. The number of carbonyl (C=O) groups excluding carboxylic acids is 2. The van der Waals surface area contributed by atoms with E-state index in [2.05, 4.69) is 10.3 Å². The number of aryl methyl sites for hydroxylation is 1. The molecule has 2 atom stereocenters. The van der Waals surface area contributed by atoms with Crippen LogP contribution in [0.25, 0.3) is 0 Å². The first kappa shape index (κ1) is 14.6. The van der Waals surface area contributed by atoms with E-state index in [-0.39, 0.29) is 23.9 Å². The minimum atomic E-state index is -0.362. The number of rotatable bonds is 6. The monoisotopic (exact) mass is 278 g/mol. The first-order chi connectivity index (χ1) is 9.67. The van der Waals surface area contributed by atoms with Crippen molar-refractivity contribution in [1.82, 2.24) is 19.8 Å². The first-order valence-corrected chi connectivity index (χ1v) is 7.24. The molecule has 2 rings (SSSR count). The van der Waals surface area contributed by atoms with Gasteiger partial charge in [-0.15, -0.1) is 0 Å². The van der Waals surface area contributed by atoms with Crippen LogP contribution >= 0.6 is 0 Å². The maximum absolute atomic E-state index is 12.4. The van der Waals surface area contributed by atoms with Crippen LogP contribution in [0.1, 0.15) is 33.1 Å². The lowest BCUT2D eigenvalue weighted by Crippen LogP contribution is -2.63. The lowest BCUT2D eigenvalue weighted by Gasteiger charge is -2.38. The van der Waals surface area contributed by atoms with E-state index in [0.717, 1.165) is 13.0 Å². The molecule has 2 amide bonds. The van der Waals surface area contributed by atoms with Gasteiger partial charge in [-0.3, -0.25) is 9.59 Å². The summed E-state index contributed by atoms with van der Waals surface area (Å²) in [6, 6.07) is -0.688. The number of nitrogens with zero attached hydrogens (tertiary/aromatic N) is 3. The van der Waals surface area contributed by atoms with Crippen LogP contribution in [0, 0.1) is 0 Å². The summed E-state index contributed by atoms with van der Waals surface area (Å²) in [7, 11) is 0. The predicted octanol–water partition coefficient (Wildman–Crippen LogP) is 0.789. The Bertz CT molecular complexity index is 458. The summed E-state index contributed by atoms with van der Waals surface area (Å²) in [6.07, 6.45) is 7.51. The Morgan fingerprint density at radius 3 is 2.65 bits per heavy atom. The van der Waals surface area contributed by atoms with E-state index in [4.69, 9.17) is 0 Å². The number of carbonyl (C=O) groups is 2. The van der Waals surface area contributed by atoms with Gasteiger partial charge in [-0.25, -0.2) is 4.98 Å². The van der Waals surface area contributed by atoms with E-state index in [9.17, 15) is 9.59 Å². The lowest BCUT2D eigenvalue weighted by molar-refractivity contribution is -0.149. The fraction of sp³-hybridized carbons (Fsp3) is 0.643. The predicted molar refractivity (Wildman–Crippen MR) is 74.9 cm³/mol. The summed E-state index contributed by atoms with van der Waals surface area (Å²) in [4.78, 5) is 30.1. The van der Waals surface area contributed by atoms with Crippen LogP contribution in [0.4, 0.5) is 0 Å². The molecule has 2 unspecified atom stereocenters. The average molecular weight is 278 g/mol. The first-order valence-electron chi connectivity index (χ1n) is 7.24. The molecule has 0 spiro atoms. The Morgan fingerprint density at radius 2 is 2.05 bits per heavy atom. The zero-order valence-electron chi connectivity index (χ0n) is 12.1. The summed E-state index contributed by atoms with van der Waals surface area (Å²) in [5.74, 6) is 0.0196. The number of nitrogens with one attached hydrogen (secondary N) is 1. The van der Waals surface area contributed by atoms with Gasteiger partial charge >= 0.3 is 0 Å². The molecule has 6 nitrogen and oxygen atoms in total. The molecule has 1 aliphatic heterocycles. The van der Waals surface area contributed by atoms with Crippen molar-refractivity contribution in [2.24, 2.45) is 0 Å². The standard InChI is InChI=1S/C14H22N4O2/c1-3-11-14(20)18(12(4-2)13(19)16-11)8-5-7-17-9-6-15-10-17/h6,9-12H,3-5,7-8H2,1-2H3,(H,16,19). The topological polar surface area (TPSA) is 67.2 Å². The van der Waals surface area contributed by atoms with Gasteiger partial charge in [0.15, 0.2) is 0 Å². The van der Waals surface area contributed by atoms with Gasteiger partial charge in [0, 0.05) is 25.5 Å². The van der Waals surface area contributed by atoms with E-state index < -0.39 is 0 Å². The molecule has 6 heteroatoms. The molecule has 1 saturated heterocycles. The number of imidazole rings is 1. The second-order valence-electron chi connectivity index (χ2n) is 5.08. The highest BCUT2D eigenvalue weighted by atomic mass is 16.2. The van der Waals surface area contributed by atoms with Crippen LogP contribution in [0.2, 0.25) is 0 Å². The lowest BCUT2D eigenvalue weighted by atomic mass is 10.0. The fourth-order valence-electron chi connectivity index (χ4n) is 2.62. The van der Waals surface area contributed by atoms with Crippen LogP contribution in [0.3, 0.4) is 0 Å². The van der Waals surface area contributed by atoms with Crippen molar-refractivity contribution in [3.63, 3.8) is 0 Å². The smallest absolute Gasteiger partial charge is 0.245 e. The van der Waals surface area contributed by atoms with E-state index in [1.54, 1.807) is 17.4 Å². The second kappa shape index (κ2) is 6.54. The van der Waals surface area contributed by atoms with E-state index in [1.165, 1.54) is 0 Å². The Hall–Kier alpha value is -1.85. The Kier molecular flexibility index (Phi) is 4.76. The number of piperazine rings is 1. The van der Waals surface area contributed by atoms with Gasteiger partial charge < -0.3 is 14.8 Å². The van der Waals surface area contributed by atoms with Crippen molar-refractivity contribution in [1.29, 1.82) is 0 Å². The van der Waals surface area contributed by atoms with Gasteiger partial charge in [0.1, 0.15) is 12.1 Å². The third-order valence-electron chi connectivity index (χ3n) is 3.75. The summed E-state index contributed by atoms with van der Waals surface area (Å²) in [5.41, 5.74) is 0. The minimum Gasteiger partial charge on any atom is -0.343 e. The summed E-state index contributed by atoms with van der Waals surface area (Å²) in [5, 5.41) is 2.81. The molecule has 1 N–H and O–H groups in total. The minimum absolute atomic E-state index is 0.0263. The third-order valence-corrected chi connectivity index (χ3v) is 3.75. The van der Waals surface area contributed by atoms with E-state index in [0.29, 0.717) is 19.4 Å². The van der Waals surface area contributed by atoms with E-state index in [1.807, 2.05) is 24.6 Å². The highest BCUT2D eigenvalue weighted by molar-refractivity contribution is 5.96. The number of aromatic nitrogens is 2. The van der Waals surface area contributed by atoms with Crippen molar-refractivity contribution < 1.29 is 9.59 Å². The molecule has 20 heavy (non-hydrogen) atoms. The molecule has 2 heterocycles. The van der Waals surface area contributed by atoms with Crippen LogP contribution in [-0.2, 0) is 16.1 Å². The molecule has 1 aromatic rings. The molecule has 0 aromatic carbocycles. The fourth-order valence-corrected chi connectivity index (χ4v) is 2.62. The second-order valence-corrected chi connectivity index (χ2v) is 5.08. The number of amides is 2. The van der Waals surface area contributed by atoms with Gasteiger partial charge in [0.25, 0.3) is 0 Å². The van der Waals surface area contributed by atoms with Gasteiger partial charge in [0.05, 0.1) is 6.33 Å². The molecule has 110 valence electrons. The van der Waals surface area contributed by atoms with Gasteiger partial charge in [-0.1, -0.05) is 13.8 Å². The van der Waals surface area contributed by atoms with Crippen molar-refractivity contribution in [3.8, 4) is 0 Å². The largest absolute Gasteiger partial charge is 0.343 e. The molecule has 0 radical (unpaired) electrons. The number of hydrogen-bond donors (Lipinski definition) is 1. The SMILES string of the molecule is CCC1NC(=O)C(CC)N(CCCn2ccnc2)C1=O. The van der Waals surface area contributed by atoms with Crippen LogP contribution in [0.15, 0.2) is 18.7 Å². The quantitative estimate of drug-likeness (QED) is 0.836. The van der Waals surface area contributed by atoms with Crippen molar-refractivity contribution in [3.05, 3.63) is 18.7 Å². The summed E-state index contributed by atoms with van der Waals surface area (Å²) in [6.45, 7) is 5.27. The van der Waals surface area contributed by atoms with Crippen LogP contribution in [-0.4, -0.2) is 44.9 Å². The zero-order valence-corrected chi connectivity index (χ0v) is 12.1. The van der Waals surface area contributed by atoms with Crippen molar-refractivity contribution in [2.75, 3.05) is 6.54 Å². The molecular formula is C14H22N4O2. The molecule has 0 aliphatic carbocycles. The van der Waals surface area contributed by atoms with Gasteiger partial charge in [-0.2, -0.15) is 0 Å². The van der Waals surface area contributed by atoms with Crippen LogP contribution in [0.5, 0.6) is 0 Å². The summed E-state index contributed by atoms with van der Waals surface area (Å²) >= 11 is 0. The highest BCUT2D eigenvalue weighted by Crippen LogP contribution is 2.15. The highest BCUT2D eigenvalue weighted by Gasteiger charge is 2.38. The van der Waals surface area contributed by atoms with Crippen molar-refractivity contribution >= 4 is 11.8 Å². The molecule has 1 fully saturated rings. The van der Waals surface area contributed by atoms with Crippen molar-refractivity contribution in [2.45, 2.75) is 51.7 Å². The maximum atomic E-state index is 12.4. The Balaban J connectivity index is 1.97. The average Bonchev–Trinajstić information content (AvgIpc) is 2.95. The van der Waals surface area contributed by atoms with Crippen LogP contribution < -0.4 is 5.32 Å². The van der Waals surface area contributed by atoms with E-state index >= 15 is 0 Å². The van der Waals surface area contributed by atoms with Gasteiger partial charge in [-0.05, 0) is 19.3 Å². The Morgan fingerprint density at radius 1 is 1.25 bits per heavy atom. The third kappa shape index (κ3) is 3.00.